The average Bonchev–Trinajstić information content (AvgIpc) is 2.84. The maximum absolute atomic E-state index is 12.0. The van der Waals surface area contributed by atoms with Gasteiger partial charge in [-0.1, -0.05) is 66.2 Å². The summed E-state index contributed by atoms with van der Waals surface area (Å²) in [7, 11) is 0. The predicted octanol–water partition coefficient (Wildman–Crippen LogP) is 6.46. The molecule has 0 bridgehead atoms. The number of carbonyl (C=O) groups is 1. The third-order valence-electron chi connectivity index (χ3n) is 4.95. The van der Waals surface area contributed by atoms with Crippen LogP contribution in [0.2, 0.25) is 5.02 Å². The second-order valence-electron chi connectivity index (χ2n) is 7.42. The molecule has 0 aliphatic rings. The standard InChI is InChI=1S/C27H23ClN2O2S/c28-26-8-4-3-7-24(26)18-33-19-27(31)30-29-16-20-10-13-25(14-11-20)32-17-21-9-12-22-5-1-2-6-23(22)15-21/h1-16H,17-19H2,(H,30,31). The smallest absolute Gasteiger partial charge is 0.250 e. The van der Waals surface area contributed by atoms with E-state index in [1.807, 2.05) is 60.7 Å². The first-order valence-corrected chi connectivity index (χ1v) is 12.0. The molecule has 0 atom stereocenters. The number of hydrazone groups is 1. The lowest BCUT2D eigenvalue weighted by atomic mass is 10.1. The summed E-state index contributed by atoms with van der Waals surface area (Å²) in [5.41, 5.74) is 5.56. The lowest BCUT2D eigenvalue weighted by Crippen LogP contribution is -2.19. The third kappa shape index (κ3) is 6.85. The van der Waals surface area contributed by atoms with Crippen LogP contribution >= 0.6 is 23.4 Å². The summed E-state index contributed by atoms with van der Waals surface area (Å²) >= 11 is 7.62. The minimum Gasteiger partial charge on any atom is -0.489 e. The molecule has 0 aliphatic heterocycles. The first kappa shape index (κ1) is 22.9. The fourth-order valence-corrected chi connectivity index (χ4v) is 4.33. The number of ether oxygens (including phenoxy) is 1. The number of benzene rings is 4. The van der Waals surface area contributed by atoms with Gasteiger partial charge in [-0.25, -0.2) is 5.43 Å². The SMILES string of the molecule is O=C(CSCc1ccccc1Cl)NN=Cc1ccc(OCc2ccc3ccccc3c2)cc1. The zero-order chi connectivity index (χ0) is 22.9. The lowest BCUT2D eigenvalue weighted by molar-refractivity contribution is -0.118. The normalized spacial score (nSPS) is 11.1. The number of carbonyl (C=O) groups excluding carboxylic acids is 1. The number of thioether (sulfide) groups is 1. The quantitative estimate of drug-likeness (QED) is 0.224. The van der Waals surface area contributed by atoms with Crippen molar-refractivity contribution in [2.24, 2.45) is 5.10 Å². The molecule has 1 amide bonds. The van der Waals surface area contributed by atoms with Crippen LogP contribution in [0, 0.1) is 0 Å². The number of hydrogen-bond donors (Lipinski definition) is 1. The van der Waals surface area contributed by atoms with E-state index in [1.165, 1.54) is 22.5 Å². The van der Waals surface area contributed by atoms with Gasteiger partial charge >= 0.3 is 0 Å². The van der Waals surface area contributed by atoms with Crippen LogP contribution < -0.4 is 10.2 Å². The number of fused-ring (bicyclic) bond motifs is 1. The Hall–Kier alpha value is -3.28. The second-order valence-corrected chi connectivity index (χ2v) is 8.81. The van der Waals surface area contributed by atoms with Crippen LogP contribution in [0.15, 0.2) is 96.1 Å². The molecule has 0 spiro atoms. The van der Waals surface area contributed by atoms with Crippen LogP contribution in [0.1, 0.15) is 16.7 Å². The van der Waals surface area contributed by atoms with Gasteiger partial charge in [0.05, 0.1) is 12.0 Å². The van der Waals surface area contributed by atoms with Gasteiger partial charge in [0, 0.05) is 10.8 Å². The van der Waals surface area contributed by atoms with Crippen LogP contribution in [-0.2, 0) is 17.2 Å². The highest BCUT2D eigenvalue weighted by Crippen LogP contribution is 2.21. The third-order valence-corrected chi connectivity index (χ3v) is 6.30. The van der Waals surface area contributed by atoms with Crippen LogP contribution in [0.3, 0.4) is 0 Å². The van der Waals surface area contributed by atoms with Crippen LogP contribution in [0.4, 0.5) is 0 Å². The molecule has 0 saturated heterocycles. The molecule has 6 heteroatoms. The van der Waals surface area contributed by atoms with Gasteiger partial charge in [0.1, 0.15) is 12.4 Å². The van der Waals surface area contributed by atoms with Crippen LogP contribution in [0.25, 0.3) is 10.8 Å². The molecule has 0 unspecified atom stereocenters. The van der Waals surface area contributed by atoms with E-state index in [4.69, 9.17) is 16.3 Å². The Balaban J connectivity index is 1.20. The van der Waals surface area contributed by atoms with E-state index in [2.05, 4.69) is 40.9 Å². The molecule has 0 heterocycles. The molecule has 4 aromatic rings. The highest BCUT2D eigenvalue weighted by Gasteiger charge is 2.03. The fraction of sp³-hybridized carbons (Fsp3) is 0.111. The summed E-state index contributed by atoms with van der Waals surface area (Å²) in [6, 6.07) is 29.8. The summed E-state index contributed by atoms with van der Waals surface area (Å²) in [5.74, 6) is 1.61. The van der Waals surface area contributed by atoms with Gasteiger partial charge in [0.2, 0.25) is 5.91 Å². The number of halogens is 1. The monoisotopic (exact) mass is 474 g/mol. The largest absolute Gasteiger partial charge is 0.489 e. The minimum atomic E-state index is -0.154. The molecule has 4 aromatic carbocycles. The summed E-state index contributed by atoms with van der Waals surface area (Å²) in [4.78, 5) is 12.0. The maximum atomic E-state index is 12.0. The molecule has 0 radical (unpaired) electrons. The van der Waals surface area contributed by atoms with Crippen molar-refractivity contribution in [3.8, 4) is 5.75 Å². The summed E-state index contributed by atoms with van der Waals surface area (Å²) in [6.07, 6.45) is 1.61. The van der Waals surface area contributed by atoms with Gasteiger partial charge in [-0.15, -0.1) is 11.8 Å². The molecular formula is C27H23ClN2O2S. The Morgan fingerprint density at radius 3 is 2.52 bits per heavy atom. The first-order chi connectivity index (χ1) is 16.2. The van der Waals surface area contributed by atoms with Gasteiger partial charge in [-0.05, 0) is 63.9 Å². The Morgan fingerprint density at radius 2 is 1.70 bits per heavy atom. The van der Waals surface area contributed by atoms with Crippen LogP contribution in [0.5, 0.6) is 5.75 Å². The van der Waals surface area contributed by atoms with Crippen molar-refractivity contribution in [3.63, 3.8) is 0 Å². The molecule has 0 aliphatic carbocycles. The Labute approximate surface area is 202 Å². The molecule has 166 valence electrons. The molecule has 0 fully saturated rings. The van der Waals surface area contributed by atoms with E-state index in [0.29, 0.717) is 23.1 Å². The van der Waals surface area contributed by atoms with Crippen LogP contribution in [-0.4, -0.2) is 17.9 Å². The summed E-state index contributed by atoms with van der Waals surface area (Å²) < 4.78 is 5.90. The number of nitrogens with zero attached hydrogens (tertiary/aromatic N) is 1. The van der Waals surface area contributed by atoms with E-state index in [-0.39, 0.29) is 5.91 Å². The highest BCUT2D eigenvalue weighted by molar-refractivity contribution is 7.99. The van der Waals surface area contributed by atoms with E-state index >= 15 is 0 Å². The van der Waals surface area contributed by atoms with E-state index < -0.39 is 0 Å². The van der Waals surface area contributed by atoms with E-state index in [9.17, 15) is 4.79 Å². The molecule has 0 saturated carbocycles. The lowest BCUT2D eigenvalue weighted by Gasteiger charge is -2.07. The van der Waals surface area contributed by atoms with E-state index in [1.54, 1.807) is 6.21 Å². The molecule has 1 N–H and O–H groups in total. The minimum absolute atomic E-state index is 0.154. The highest BCUT2D eigenvalue weighted by atomic mass is 35.5. The van der Waals surface area contributed by atoms with Crippen molar-refractivity contribution >= 4 is 46.3 Å². The Kier molecular flexibility index (Phi) is 8.01. The predicted molar refractivity (Wildman–Crippen MR) is 138 cm³/mol. The maximum Gasteiger partial charge on any atom is 0.250 e. The van der Waals surface area contributed by atoms with Crippen molar-refractivity contribution in [1.82, 2.24) is 5.43 Å². The van der Waals surface area contributed by atoms with Gasteiger partial charge in [-0.2, -0.15) is 5.10 Å². The molecule has 0 aromatic heterocycles. The van der Waals surface area contributed by atoms with E-state index in [0.717, 1.165) is 22.4 Å². The Bertz CT molecular complexity index is 1260. The van der Waals surface area contributed by atoms with Gasteiger partial charge < -0.3 is 4.74 Å². The van der Waals surface area contributed by atoms with Crippen molar-refractivity contribution < 1.29 is 9.53 Å². The van der Waals surface area contributed by atoms with Crippen molar-refractivity contribution in [1.29, 1.82) is 0 Å². The molecule has 4 nitrogen and oxygen atoms in total. The second kappa shape index (κ2) is 11.5. The number of rotatable bonds is 9. The summed E-state index contributed by atoms with van der Waals surface area (Å²) in [6.45, 7) is 0.500. The number of hydrogen-bond acceptors (Lipinski definition) is 4. The number of nitrogens with one attached hydrogen (secondary N) is 1. The van der Waals surface area contributed by atoms with Gasteiger partial charge in [0.15, 0.2) is 0 Å². The van der Waals surface area contributed by atoms with Crippen molar-refractivity contribution in [2.75, 3.05) is 5.75 Å². The molecular weight excluding hydrogens is 452 g/mol. The van der Waals surface area contributed by atoms with Crippen molar-refractivity contribution in [2.45, 2.75) is 12.4 Å². The molecule has 4 rings (SSSR count). The van der Waals surface area contributed by atoms with Crippen molar-refractivity contribution in [3.05, 3.63) is 113 Å². The topological polar surface area (TPSA) is 50.7 Å². The summed E-state index contributed by atoms with van der Waals surface area (Å²) in [5, 5.41) is 7.17. The number of amides is 1. The van der Waals surface area contributed by atoms with Gasteiger partial charge in [-0.3, -0.25) is 4.79 Å². The first-order valence-electron chi connectivity index (χ1n) is 10.5. The zero-order valence-corrected chi connectivity index (χ0v) is 19.5. The molecule has 33 heavy (non-hydrogen) atoms. The zero-order valence-electron chi connectivity index (χ0n) is 17.9. The van der Waals surface area contributed by atoms with Gasteiger partial charge in [0.25, 0.3) is 0 Å². The Morgan fingerprint density at radius 1 is 0.939 bits per heavy atom. The average molecular weight is 475 g/mol. The fourth-order valence-electron chi connectivity index (χ4n) is 3.23.